The number of aliphatic hydroxyl groups is 2. The molecule has 2 N–H and O–H groups in total. The Labute approximate surface area is 129 Å². The SMILES string of the molecule is CCCC(O)c1cccc(C#CC(O)(CCC)CCC)c1. The fraction of sp³-hybridized carbons (Fsp3) is 0.579. The Morgan fingerprint density at radius 3 is 2.33 bits per heavy atom. The summed E-state index contributed by atoms with van der Waals surface area (Å²) in [6, 6.07) is 7.69. The van der Waals surface area contributed by atoms with E-state index in [0.29, 0.717) is 12.8 Å². The molecule has 0 fully saturated rings. The molecule has 0 amide bonds. The van der Waals surface area contributed by atoms with Crippen molar-refractivity contribution in [3.63, 3.8) is 0 Å². The van der Waals surface area contributed by atoms with Gasteiger partial charge >= 0.3 is 0 Å². The molecule has 0 aliphatic rings. The minimum absolute atomic E-state index is 0.429. The lowest BCUT2D eigenvalue weighted by Crippen LogP contribution is -2.25. The van der Waals surface area contributed by atoms with Crippen molar-refractivity contribution in [1.82, 2.24) is 0 Å². The van der Waals surface area contributed by atoms with Gasteiger partial charge < -0.3 is 10.2 Å². The predicted molar refractivity (Wildman–Crippen MR) is 88.0 cm³/mol. The summed E-state index contributed by atoms with van der Waals surface area (Å²) >= 11 is 0. The van der Waals surface area contributed by atoms with Gasteiger partial charge in [-0.05, 0) is 37.0 Å². The van der Waals surface area contributed by atoms with Crippen molar-refractivity contribution in [3.05, 3.63) is 35.4 Å². The monoisotopic (exact) mass is 288 g/mol. The first-order chi connectivity index (χ1) is 10.0. The molecule has 1 rings (SSSR count). The molecule has 0 aliphatic heterocycles. The van der Waals surface area contributed by atoms with Gasteiger partial charge in [-0.15, -0.1) is 0 Å². The van der Waals surface area contributed by atoms with Gasteiger partial charge in [-0.2, -0.15) is 0 Å². The van der Waals surface area contributed by atoms with E-state index in [0.717, 1.165) is 36.8 Å². The quantitative estimate of drug-likeness (QED) is 0.738. The van der Waals surface area contributed by atoms with Gasteiger partial charge in [0.1, 0.15) is 5.60 Å². The molecule has 0 aliphatic carbocycles. The normalized spacial score (nSPS) is 12.6. The van der Waals surface area contributed by atoms with Crippen LogP contribution < -0.4 is 0 Å². The van der Waals surface area contributed by atoms with Crippen molar-refractivity contribution in [2.45, 2.75) is 71.0 Å². The van der Waals surface area contributed by atoms with Gasteiger partial charge in [-0.1, -0.05) is 64.0 Å². The third kappa shape index (κ3) is 5.91. The van der Waals surface area contributed by atoms with Crippen molar-refractivity contribution >= 4 is 0 Å². The molecule has 0 saturated carbocycles. The zero-order valence-electron chi connectivity index (χ0n) is 13.5. The van der Waals surface area contributed by atoms with Crippen LogP contribution in [-0.2, 0) is 0 Å². The third-order valence-corrected chi connectivity index (χ3v) is 3.60. The molecule has 0 bridgehead atoms. The van der Waals surface area contributed by atoms with Crippen LogP contribution in [0.4, 0.5) is 0 Å². The van der Waals surface area contributed by atoms with Gasteiger partial charge in [-0.3, -0.25) is 0 Å². The maximum atomic E-state index is 10.5. The highest BCUT2D eigenvalue weighted by atomic mass is 16.3. The van der Waals surface area contributed by atoms with Gasteiger partial charge in [0.05, 0.1) is 6.10 Å². The van der Waals surface area contributed by atoms with E-state index >= 15 is 0 Å². The maximum Gasteiger partial charge on any atom is 0.125 e. The molecule has 1 aromatic carbocycles. The van der Waals surface area contributed by atoms with E-state index in [-0.39, 0.29) is 0 Å². The fourth-order valence-corrected chi connectivity index (χ4v) is 2.53. The molecule has 21 heavy (non-hydrogen) atoms. The van der Waals surface area contributed by atoms with Gasteiger partial charge in [0.2, 0.25) is 0 Å². The van der Waals surface area contributed by atoms with Crippen LogP contribution in [0.3, 0.4) is 0 Å². The number of hydrogen-bond donors (Lipinski definition) is 2. The lowest BCUT2D eigenvalue weighted by Gasteiger charge is -2.20. The summed E-state index contributed by atoms with van der Waals surface area (Å²) in [7, 11) is 0. The molecule has 0 radical (unpaired) electrons. The van der Waals surface area contributed by atoms with E-state index in [4.69, 9.17) is 0 Å². The molecule has 2 heteroatoms. The van der Waals surface area contributed by atoms with Crippen molar-refractivity contribution in [2.24, 2.45) is 0 Å². The summed E-state index contributed by atoms with van der Waals surface area (Å²) in [5.41, 5.74) is 0.869. The zero-order chi connectivity index (χ0) is 15.7. The number of rotatable bonds is 7. The molecular formula is C19H28O2. The first kappa shape index (κ1) is 17.8. The lowest BCUT2D eigenvalue weighted by molar-refractivity contribution is 0.0807. The van der Waals surface area contributed by atoms with Crippen molar-refractivity contribution in [2.75, 3.05) is 0 Å². The number of benzene rings is 1. The largest absolute Gasteiger partial charge is 0.388 e. The van der Waals surface area contributed by atoms with Crippen LogP contribution in [0.2, 0.25) is 0 Å². The molecular weight excluding hydrogens is 260 g/mol. The minimum atomic E-state index is -0.887. The average molecular weight is 288 g/mol. The average Bonchev–Trinajstić information content (AvgIpc) is 2.46. The molecule has 0 aromatic heterocycles. The highest BCUT2D eigenvalue weighted by Crippen LogP contribution is 2.20. The molecule has 1 atom stereocenters. The Hall–Kier alpha value is -1.30. The third-order valence-electron chi connectivity index (χ3n) is 3.60. The van der Waals surface area contributed by atoms with E-state index < -0.39 is 11.7 Å². The van der Waals surface area contributed by atoms with Gasteiger partial charge in [0.25, 0.3) is 0 Å². The molecule has 0 spiro atoms. The molecule has 1 unspecified atom stereocenters. The maximum absolute atomic E-state index is 10.5. The van der Waals surface area contributed by atoms with Crippen molar-refractivity contribution < 1.29 is 10.2 Å². The standard InChI is InChI=1S/C19H28O2/c1-4-8-18(20)17-10-7-9-16(15-17)11-14-19(21,12-5-2)13-6-3/h7,9-10,15,18,20-21H,4-6,8,12-13H2,1-3H3. The Bertz CT molecular complexity index is 476. The summed E-state index contributed by atoms with van der Waals surface area (Å²) in [5, 5.41) is 20.6. The first-order valence-electron chi connectivity index (χ1n) is 8.08. The molecule has 1 aromatic rings. The van der Waals surface area contributed by atoms with Crippen LogP contribution in [0, 0.1) is 11.8 Å². The topological polar surface area (TPSA) is 40.5 Å². The summed E-state index contributed by atoms with van der Waals surface area (Å²) in [5.74, 6) is 6.12. The van der Waals surface area contributed by atoms with E-state index in [1.54, 1.807) is 0 Å². The van der Waals surface area contributed by atoms with E-state index in [9.17, 15) is 10.2 Å². The molecule has 0 saturated heterocycles. The van der Waals surface area contributed by atoms with Crippen molar-refractivity contribution in [3.8, 4) is 11.8 Å². The predicted octanol–water partition coefficient (Wildman–Crippen LogP) is 4.20. The zero-order valence-corrected chi connectivity index (χ0v) is 13.5. The first-order valence-corrected chi connectivity index (χ1v) is 8.08. The Kier molecular flexibility index (Phi) is 7.50. The Balaban J connectivity index is 2.92. The summed E-state index contributed by atoms with van der Waals surface area (Å²) in [6.45, 7) is 6.18. The number of aliphatic hydroxyl groups excluding tert-OH is 1. The van der Waals surface area contributed by atoms with Crippen LogP contribution in [0.15, 0.2) is 24.3 Å². The highest BCUT2D eigenvalue weighted by Gasteiger charge is 2.21. The second kappa shape index (κ2) is 8.87. The smallest absolute Gasteiger partial charge is 0.125 e. The highest BCUT2D eigenvalue weighted by molar-refractivity contribution is 5.39. The minimum Gasteiger partial charge on any atom is -0.388 e. The lowest BCUT2D eigenvalue weighted by atomic mass is 9.93. The van der Waals surface area contributed by atoms with E-state index in [1.807, 2.05) is 24.3 Å². The van der Waals surface area contributed by atoms with Crippen LogP contribution in [-0.4, -0.2) is 15.8 Å². The summed E-state index contributed by atoms with van der Waals surface area (Å²) in [4.78, 5) is 0. The van der Waals surface area contributed by atoms with Crippen molar-refractivity contribution in [1.29, 1.82) is 0 Å². The Morgan fingerprint density at radius 1 is 1.10 bits per heavy atom. The van der Waals surface area contributed by atoms with Crippen LogP contribution in [0.1, 0.15) is 76.5 Å². The van der Waals surface area contributed by atoms with E-state index in [1.165, 1.54) is 0 Å². The van der Waals surface area contributed by atoms with E-state index in [2.05, 4.69) is 32.6 Å². The molecule has 0 heterocycles. The number of hydrogen-bond acceptors (Lipinski definition) is 2. The fourth-order valence-electron chi connectivity index (χ4n) is 2.53. The second-order valence-electron chi connectivity index (χ2n) is 5.71. The van der Waals surface area contributed by atoms with Gasteiger partial charge in [0, 0.05) is 5.56 Å². The molecule has 116 valence electrons. The van der Waals surface area contributed by atoms with Gasteiger partial charge in [-0.25, -0.2) is 0 Å². The summed E-state index contributed by atoms with van der Waals surface area (Å²) < 4.78 is 0. The Morgan fingerprint density at radius 2 is 1.76 bits per heavy atom. The van der Waals surface area contributed by atoms with Gasteiger partial charge in [0.15, 0.2) is 0 Å². The van der Waals surface area contributed by atoms with Crippen LogP contribution in [0.5, 0.6) is 0 Å². The second-order valence-corrected chi connectivity index (χ2v) is 5.71. The summed E-state index contributed by atoms with van der Waals surface area (Å²) in [6.07, 6.45) is 4.51. The van der Waals surface area contributed by atoms with Crippen LogP contribution in [0.25, 0.3) is 0 Å². The molecule has 2 nitrogen and oxygen atoms in total. The van der Waals surface area contributed by atoms with Crippen LogP contribution >= 0.6 is 0 Å².